The second-order valence-corrected chi connectivity index (χ2v) is 4.97. The van der Waals surface area contributed by atoms with Gasteiger partial charge in [-0.15, -0.1) is 0 Å². The van der Waals surface area contributed by atoms with E-state index in [0.717, 1.165) is 11.5 Å². The van der Waals surface area contributed by atoms with Crippen LogP contribution < -0.4 is 14.8 Å². The van der Waals surface area contributed by atoms with E-state index in [0.29, 0.717) is 43.2 Å². The highest BCUT2D eigenvalue weighted by atomic mass is 16.5. The first kappa shape index (κ1) is 16.9. The Labute approximate surface area is 135 Å². The average Bonchev–Trinajstić information content (AvgIpc) is 2.95. The minimum atomic E-state index is -0.162. The van der Waals surface area contributed by atoms with E-state index in [-0.39, 0.29) is 5.91 Å². The van der Waals surface area contributed by atoms with E-state index in [9.17, 15) is 4.79 Å². The minimum absolute atomic E-state index is 0.162. The molecule has 1 amide bonds. The van der Waals surface area contributed by atoms with Crippen LogP contribution in [-0.2, 0) is 6.42 Å². The molecule has 124 valence electrons. The van der Waals surface area contributed by atoms with Gasteiger partial charge in [-0.3, -0.25) is 4.79 Å². The van der Waals surface area contributed by atoms with Gasteiger partial charge >= 0.3 is 0 Å². The van der Waals surface area contributed by atoms with Gasteiger partial charge in [-0.2, -0.15) is 0 Å². The molecule has 0 bridgehead atoms. The van der Waals surface area contributed by atoms with E-state index >= 15 is 0 Å². The smallest absolute Gasteiger partial charge is 0.251 e. The van der Waals surface area contributed by atoms with Crippen molar-refractivity contribution in [1.82, 2.24) is 10.5 Å². The highest BCUT2D eigenvalue weighted by Gasteiger charge is 2.11. The lowest BCUT2D eigenvalue weighted by Crippen LogP contribution is -2.25. The molecular weight excluding hydrogens is 296 g/mol. The number of hydrogen-bond donors (Lipinski definition) is 1. The maximum atomic E-state index is 12.2. The maximum Gasteiger partial charge on any atom is 0.251 e. The molecule has 0 fully saturated rings. The van der Waals surface area contributed by atoms with Gasteiger partial charge < -0.3 is 19.3 Å². The Balaban J connectivity index is 1.96. The van der Waals surface area contributed by atoms with Crippen LogP contribution in [0.1, 0.15) is 35.7 Å². The summed E-state index contributed by atoms with van der Waals surface area (Å²) in [4.78, 5) is 12.2. The molecule has 1 heterocycles. The predicted octanol–water partition coefficient (Wildman–Crippen LogP) is 2.75. The molecule has 23 heavy (non-hydrogen) atoms. The van der Waals surface area contributed by atoms with Gasteiger partial charge in [0.25, 0.3) is 5.91 Å². The van der Waals surface area contributed by atoms with E-state index < -0.39 is 0 Å². The van der Waals surface area contributed by atoms with Gasteiger partial charge in [0.15, 0.2) is 11.5 Å². The number of aryl methyl sites for hydroxylation is 1. The molecule has 0 saturated heterocycles. The SMILES string of the molecule is CCOc1ccc(C(=O)NCCc2cc(C)no2)cc1OCC. The maximum absolute atomic E-state index is 12.2. The largest absolute Gasteiger partial charge is 0.490 e. The third-order valence-corrected chi connectivity index (χ3v) is 3.14. The molecule has 2 aromatic rings. The second-order valence-electron chi connectivity index (χ2n) is 4.97. The predicted molar refractivity (Wildman–Crippen MR) is 86.1 cm³/mol. The van der Waals surface area contributed by atoms with Crippen molar-refractivity contribution in [3.63, 3.8) is 0 Å². The van der Waals surface area contributed by atoms with Crippen molar-refractivity contribution in [2.75, 3.05) is 19.8 Å². The van der Waals surface area contributed by atoms with Crippen molar-refractivity contribution in [3.05, 3.63) is 41.3 Å². The first-order valence-corrected chi connectivity index (χ1v) is 7.74. The molecule has 1 aromatic heterocycles. The number of hydrogen-bond acceptors (Lipinski definition) is 5. The van der Waals surface area contributed by atoms with E-state index in [1.165, 1.54) is 0 Å². The van der Waals surface area contributed by atoms with E-state index in [1.54, 1.807) is 18.2 Å². The third-order valence-electron chi connectivity index (χ3n) is 3.14. The Morgan fingerprint density at radius 3 is 2.57 bits per heavy atom. The fourth-order valence-corrected chi connectivity index (χ4v) is 2.13. The molecule has 0 spiro atoms. The van der Waals surface area contributed by atoms with E-state index in [1.807, 2.05) is 26.8 Å². The van der Waals surface area contributed by atoms with Crippen molar-refractivity contribution in [1.29, 1.82) is 0 Å². The lowest BCUT2D eigenvalue weighted by atomic mass is 10.2. The van der Waals surface area contributed by atoms with Crippen LogP contribution in [0.2, 0.25) is 0 Å². The zero-order valence-electron chi connectivity index (χ0n) is 13.7. The number of carbonyl (C=O) groups is 1. The molecule has 2 rings (SSSR count). The van der Waals surface area contributed by atoms with Gasteiger partial charge in [0.2, 0.25) is 0 Å². The third kappa shape index (κ3) is 4.74. The Morgan fingerprint density at radius 2 is 1.91 bits per heavy atom. The summed E-state index contributed by atoms with van der Waals surface area (Å²) in [6.07, 6.45) is 0.599. The summed E-state index contributed by atoms with van der Waals surface area (Å²) < 4.78 is 16.1. The monoisotopic (exact) mass is 318 g/mol. The Morgan fingerprint density at radius 1 is 1.17 bits per heavy atom. The fraction of sp³-hybridized carbons (Fsp3) is 0.412. The summed E-state index contributed by atoms with van der Waals surface area (Å²) in [5.41, 5.74) is 1.37. The van der Waals surface area contributed by atoms with Gasteiger partial charge in [-0.05, 0) is 39.0 Å². The van der Waals surface area contributed by atoms with Gasteiger partial charge in [0.05, 0.1) is 18.9 Å². The molecule has 0 saturated carbocycles. The van der Waals surface area contributed by atoms with Gasteiger partial charge in [-0.1, -0.05) is 5.16 Å². The van der Waals surface area contributed by atoms with Crippen LogP contribution in [0.5, 0.6) is 11.5 Å². The number of ether oxygens (including phenoxy) is 2. The van der Waals surface area contributed by atoms with E-state index in [4.69, 9.17) is 14.0 Å². The topological polar surface area (TPSA) is 73.6 Å². The van der Waals surface area contributed by atoms with Crippen molar-refractivity contribution >= 4 is 5.91 Å². The van der Waals surface area contributed by atoms with Crippen molar-refractivity contribution in [2.45, 2.75) is 27.2 Å². The van der Waals surface area contributed by atoms with Crippen LogP contribution in [0.15, 0.2) is 28.8 Å². The normalized spacial score (nSPS) is 10.4. The molecule has 0 unspecified atom stereocenters. The molecular formula is C17H22N2O4. The number of rotatable bonds is 8. The highest BCUT2D eigenvalue weighted by Crippen LogP contribution is 2.28. The van der Waals surface area contributed by atoms with Crippen molar-refractivity contribution in [2.24, 2.45) is 0 Å². The molecule has 0 atom stereocenters. The van der Waals surface area contributed by atoms with Crippen LogP contribution in [0.3, 0.4) is 0 Å². The van der Waals surface area contributed by atoms with Crippen molar-refractivity contribution < 1.29 is 18.8 Å². The summed E-state index contributed by atoms with van der Waals surface area (Å²) in [5, 5.41) is 6.67. The number of nitrogens with zero attached hydrogens (tertiary/aromatic N) is 1. The highest BCUT2D eigenvalue weighted by molar-refractivity contribution is 5.94. The molecule has 1 aromatic carbocycles. The molecule has 0 aliphatic heterocycles. The average molecular weight is 318 g/mol. The number of aromatic nitrogens is 1. The Hall–Kier alpha value is -2.50. The van der Waals surface area contributed by atoms with Crippen LogP contribution in [0.25, 0.3) is 0 Å². The first-order valence-electron chi connectivity index (χ1n) is 7.74. The van der Waals surface area contributed by atoms with Crippen LogP contribution in [0.4, 0.5) is 0 Å². The molecule has 0 aliphatic carbocycles. The summed E-state index contributed by atoms with van der Waals surface area (Å²) >= 11 is 0. The van der Waals surface area contributed by atoms with Gasteiger partial charge in [0.1, 0.15) is 5.76 Å². The Kier molecular flexibility index (Phi) is 6.02. The molecule has 0 radical (unpaired) electrons. The standard InChI is InChI=1S/C17H22N2O4/c1-4-21-15-7-6-13(11-16(15)22-5-2)17(20)18-9-8-14-10-12(3)19-23-14/h6-7,10-11H,4-5,8-9H2,1-3H3,(H,18,20). The number of carbonyl (C=O) groups excluding carboxylic acids is 1. The van der Waals surface area contributed by atoms with Crippen LogP contribution in [0, 0.1) is 6.92 Å². The van der Waals surface area contributed by atoms with Gasteiger partial charge in [0, 0.05) is 24.6 Å². The number of benzene rings is 1. The summed E-state index contributed by atoms with van der Waals surface area (Å²) in [5.74, 6) is 1.81. The summed E-state index contributed by atoms with van der Waals surface area (Å²) in [6.45, 7) is 7.19. The summed E-state index contributed by atoms with van der Waals surface area (Å²) in [6, 6.07) is 7.03. The number of nitrogens with one attached hydrogen (secondary N) is 1. The fourth-order valence-electron chi connectivity index (χ4n) is 2.13. The first-order chi connectivity index (χ1) is 11.1. The minimum Gasteiger partial charge on any atom is -0.490 e. The lowest BCUT2D eigenvalue weighted by Gasteiger charge is -2.12. The lowest BCUT2D eigenvalue weighted by molar-refractivity contribution is 0.0953. The van der Waals surface area contributed by atoms with Crippen LogP contribution in [-0.4, -0.2) is 30.8 Å². The molecule has 1 N–H and O–H groups in total. The van der Waals surface area contributed by atoms with Crippen molar-refractivity contribution in [3.8, 4) is 11.5 Å². The second kappa shape index (κ2) is 8.22. The van der Waals surface area contributed by atoms with Gasteiger partial charge in [-0.25, -0.2) is 0 Å². The molecule has 6 nitrogen and oxygen atoms in total. The molecule has 6 heteroatoms. The zero-order valence-corrected chi connectivity index (χ0v) is 13.7. The quantitative estimate of drug-likeness (QED) is 0.810. The molecule has 0 aliphatic rings. The Bertz CT molecular complexity index is 652. The number of amides is 1. The summed E-state index contributed by atoms with van der Waals surface area (Å²) in [7, 11) is 0. The van der Waals surface area contributed by atoms with E-state index in [2.05, 4.69) is 10.5 Å². The zero-order chi connectivity index (χ0) is 16.7. The van der Waals surface area contributed by atoms with Crippen LogP contribution >= 0.6 is 0 Å².